The molecule has 2 unspecified atom stereocenters. The van der Waals surface area contributed by atoms with Crippen molar-refractivity contribution in [2.75, 3.05) is 26.2 Å². The first-order valence-electron chi connectivity index (χ1n) is 6.33. The Morgan fingerprint density at radius 2 is 2.12 bits per heavy atom. The molecule has 1 aliphatic rings. The van der Waals surface area contributed by atoms with Crippen LogP contribution in [0.2, 0.25) is 0 Å². The predicted octanol–water partition coefficient (Wildman–Crippen LogP) is 1.65. The van der Waals surface area contributed by atoms with Crippen LogP contribution in [0.5, 0.6) is 5.75 Å². The summed E-state index contributed by atoms with van der Waals surface area (Å²) < 4.78 is 5.79. The highest BCUT2D eigenvalue weighted by Crippen LogP contribution is 2.17. The summed E-state index contributed by atoms with van der Waals surface area (Å²) >= 11 is 0. The maximum absolute atomic E-state index is 5.99. The number of hydrogen-bond donors (Lipinski definition) is 1. The van der Waals surface area contributed by atoms with E-state index in [9.17, 15) is 0 Å². The van der Waals surface area contributed by atoms with Crippen LogP contribution < -0.4 is 10.5 Å². The monoisotopic (exact) mass is 234 g/mol. The summed E-state index contributed by atoms with van der Waals surface area (Å²) in [6.45, 7) is 8.09. The Labute approximate surface area is 104 Å². The van der Waals surface area contributed by atoms with Crippen LogP contribution in [-0.2, 0) is 0 Å². The molecule has 1 saturated heterocycles. The lowest BCUT2D eigenvalue weighted by atomic mass is 10.1. The zero-order valence-corrected chi connectivity index (χ0v) is 10.7. The molecule has 0 aromatic heterocycles. The summed E-state index contributed by atoms with van der Waals surface area (Å²) in [4.78, 5) is 2.38. The fraction of sp³-hybridized carbons (Fsp3) is 0.571. The Hall–Kier alpha value is -1.06. The number of para-hydroxylation sites is 1. The van der Waals surface area contributed by atoms with Crippen molar-refractivity contribution in [3.63, 3.8) is 0 Å². The van der Waals surface area contributed by atoms with Crippen LogP contribution in [0.25, 0.3) is 0 Å². The van der Waals surface area contributed by atoms with Gasteiger partial charge in [-0.3, -0.25) is 4.90 Å². The van der Waals surface area contributed by atoms with Gasteiger partial charge in [0.15, 0.2) is 0 Å². The van der Waals surface area contributed by atoms with Gasteiger partial charge in [-0.15, -0.1) is 0 Å². The highest BCUT2D eigenvalue weighted by atomic mass is 16.5. The van der Waals surface area contributed by atoms with Crippen LogP contribution in [0.3, 0.4) is 0 Å². The second-order valence-corrected chi connectivity index (χ2v) is 5.01. The van der Waals surface area contributed by atoms with E-state index < -0.39 is 0 Å². The van der Waals surface area contributed by atoms with Crippen LogP contribution in [0.4, 0.5) is 0 Å². The van der Waals surface area contributed by atoms with Crippen molar-refractivity contribution < 1.29 is 4.74 Å². The summed E-state index contributed by atoms with van der Waals surface area (Å²) in [6.07, 6.45) is 0. The predicted molar refractivity (Wildman–Crippen MR) is 70.3 cm³/mol. The van der Waals surface area contributed by atoms with Crippen molar-refractivity contribution in [1.82, 2.24) is 4.90 Å². The molecule has 94 valence electrons. The smallest absolute Gasteiger partial charge is 0.122 e. The van der Waals surface area contributed by atoms with Crippen LogP contribution >= 0.6 is 0 Å². The molecule has 1 aliphatic heterocycles. The van der Waals surface area contributed by atoms with E-state index in [0.717, 1.165) is 32.0 Å². The van der Waals surface area contributed by atoms with Crippen molar-refractivity contribution in [3.8, 4) is 5.75 Å². The molecular formula is C14H22N2O. The lowest BCUT2D eigenvalue weighted by molar-refractivity contribution is 0.232. The summed E-state index contributed by atoms with van der Waals surface area (Å²) in [5.41, 5.74) is 7.19. The van der Waals surface area contributed by atoms with Crippen molar-refractivity contribution in [2.45, 2.75) is 19.9 Å². The van der Waals surface area contributed by atoms with Crippen LogP contribution in [0, 0.1) is 12.8 Å². The third-order valence-electron chi connectivity index (χ3n) is 3.50. The van der Waals surface area contributed by atoms with E-state index in [1.165, 1.54) is 5.56 Å². The van der Waals surface area contributed by atoms with Gasteiger partial charge in [0.2, 0.25) is 0 Å². The molecule has 3 heteroatoms. The minimum atomic E-state index is 0.327. The van der Waals surface area contributed by atoms with Gasteiger partial charge in [0.1, 0.15) is 12.4 Å². The molecule has 3 nitrogen and oxygen atoms in total. The number of hydrogen-bond acceptors (Lipinski definition) is 3. The third kappa shape index (κ3) is 3.20. The maximum Gasteiger partial charge on any atom is 0.122 e. The van der Waals surface area contributed by atoms with Crippen molar-refractivity contribution in [3.05, 3.63) is 29.8 Å². The summed E-state index contributed by atoms with van der Waals surface area (Å²) in [7, 11) is 0. The molecule has 0 aliphatic carbocycles. The molecule has 1 aromatic carbocycles. The van der Waals surface area contributed by atoms with Gasteiger partial charge < -0.3 is 10.5 Å². The zero-order valence-electron chi connectivity index (χ0n) is 10.7. The minimum Gasteiger partial charge on any atom is -0.492 e. The van der Waals surface area contributed by atoms with Gasteiger partial charge >= 0.3 is 0 Å². The maximum atomic E-state index is 5.99. The number of nitrogens with two attached hydrogens (primary N) is 1. The lowest BCUT2D eigenvalue weighted by Crippen LogP contribution is -2.30. The quantitative estimate of drug-likeness (QED) is 0.861. The number of benzene rings is 1. The van der Waals surface area contributed by atoms with Gasteiger partial charge in [-0.2, -0.15) is 0 Å². The molecular weight excluding hydrogens is 212 g/mol. The number of aryl methyl sites for hydroxylation is 1. The molecule has 1 aromatic rings. The summed E-state index contributed by atoms with van der Waals surface area (Å²) in [5, 5.41) is 0. The van der Waals surface area contributed by atoms with E-state index in [1.807, 2.05) is 18.2 Å². The van der Waals surface area contributed by atoms with Gasteiger partial charge in [0, 0.05) is 25.7 Å². The first-order chi connectivity index (χ1) is 8.16. The number of likely N-dealkylation sites (tertiary alicyclic amines) is 1. The van der Waals surface area contributed by atoms with Gasteiger partial charge in [-0.25, -0.2) is 0 Å². The van der Waals surface area contributed by atoms with Crippen molar-refractivity contribution in [2.24, 2.45) is 11.7 Å². The molecule has 0 bridgehead atoms. The fourth-order valence-corrected chi connectivity index (χ4v) is 2.28. The molecule has 0 spiro atoms. The average Bonchev–Trinajstić information content (AvgIpc) is 2.61. The van der Waals surface area contributed by atoms with Gasteiger partial charge in [0.25, 0.3) is 0 Å². The molecule has 1 fully saturated rings. The molecule has 0 radical (unpaired) electrons. The largest absolute Gasteiger partial charge is 0.492 e. The molecule has 17 heavy (non-hydrogen) atoms. The number of ether oxygens (including phenoxy) is 1. The van der Waals surface area contributed by atoms with Crippen LogP contribution in [-0.4, -0.2) is 37.2 Å². The highest BCUT2D eigenvalue weighted by Gasteiger charge is 2.25. The Kier molecular flexibility index (Phi) is 4.02. The SMILES string of the molecule is Cc1ccccc1OCCN1CC(C)C(N)C1. The Balaban J connectivity index is 1.75. The Bertz CT molecular complexity index is 357. The van der Waals surface area contributed by atoms with E-state index in [-0.39, 0.29) is 0 Å². The Morgan fingerprint density at radius 1 is 1.35 bits per heavy atom. The van der Waals surface area contributed by atoms with Gasteiger partial charge in [0.05, 0.1) is 0 Å². The van der Waals surface area contributed by atoms with Crippen molar-refractivity contribution >= 4 is 0 Å². The molecule has 2 rings (SSSR count). The second kappa shape index (κ2) is 5.52. The van der Waals surface area contributed by atoms with Crippen LogP contribution in [0.15, 0.2) is 24.3 Å². The molecule has 2 atom stereocenters. The first kappa shape index (κ1) is 12.4. The summed E-state index contributed by atoms with van der Waals surface area (Å²) in [6, 6.07) is 8.46. The number of nitrogens with zero attached hydrogens (tertiary/aromatic N) is 1. The number of rotatable bonds is 4. The van der Waals surface area contributed by atoms with E-state index in [2.05, 4.69) is 24.8 Å². The first-order valence-corrected chi connectivity index (χ1v) is 6.33. The third-order valence-corrected chi connectivity index (χ3v) is 3.50. The lowest BCUT2D eigenvalue weighted by Gasteiger charge is -2.16. The van der Waals surface area contributed by atoms with E-state index >= 15 is 0 Å². The zero-order chi connectivity index (χ0) is 12.3. The molecule has 2 N–H and O–H groups in total. The van der Waals surface area contributed by atoms with E-state index in [0.29, 0.717) is 12.0 Å². The molecule has 0 amide bonds. The topological polar surface area (TPSA) is 38.5 Å². The van der Waals surface area contributed by atoms with Gasteiger partial charge in [-0.1, -0.05) is 25.1 Å². The normalized spacial score (nSPS) is 25.1. The summed E-state index contributed by atoms with van der Waals surface area (Å²) in [5.74, 6) is 1.59. The second-order valence-electron chi connectivity index (χ2n) is 5.01. The van der Waals surface area contributed by atoms with Gasteiger partial charge in [-0.05, 0) is 24.5 Å². The Morgan fingerprint density at radius 3 is 2.76 bits per heavy atom. The average molecular weight is 234 g/mol. The minimum absolute atomic E-state index is 0.327. The van der Waals surface area contributed by atoms with E-state index in [4.69, 9.17) is 10.5 Å². The van der Waals surface area contributed by atoms with Crippen LogP contribution in [0.1, 0.15) is 12.5 Å². The molecule has 0 saturated carbocycles. The van der Waals surface area contributed by atoms with E-state index in [1.54, 1.807) is 0 Å². The standard InChI is InChI=1S/C14H22N2O/c1-11-5-3-4-6-14(11)17-8-7-16-9-12(2)13(15)10-16/h3-6,12-13H,7-10,15H2,1-2H3. The highest BCUT2D eigenvalue weighted by molar-refractivity contribution is 5.31. The van der Waals surface area contributed by atoms with Crippen molar-refractivity contribution in [1.29, 1.82) is 0 Å². The molecule has 1 heterocycles. The fourth-order valence-electron chi connectivity index (χ4n) is 2.28.